The molecule has 0 spiro atoms. The van der Waals surface area contributed by atoms with Crippen LogP contribution in [0.1, 0.15) is 28.8 Å². The number of carbonyl (C=O) groups is 1. The summed E-state index contributed by atoms with van der Waals surface area (Å²) in [5.74, 6) is 0.889. The van der Waals surface area contributed by atoms with Crippen LogP contribution in [0.15, 0.2) is 12.1 Å². The highest BCUT2D eigenvalue weighted by molar-refractivity contribution is 6.31. The van der Waals surface area contributed by atoms with Crippen molar-refractivity contribution in [2.24, 2.45) is 5.92 Å². The molecule has 1 N–H and O–H groups in total. The van der Waals surface area contributed by atoms with Crippen LogP contribution in [-0.4, -0.2) is 26.0 Å². The van der Waals surface area contributed by atoms with Gasteiger partial charge >= 0.3 is 0 Å². The van der Waals surface area contributed by atoms with E-state index >= 15 is 0 Å². The number of hydrogen-bond acceptors (Lipinski definition) is 3. The summed E-state index contributed by atoms with van der Waals surface area (Å²) in [6, 6.07) is 3.54. The Labute approximate surface area is 112 Å². The van der Waals surface area contributed by atoms with E-state index in [4.69, 9.17) is 16.3 Å². The standard InChI is InChI=1S/C14H18ClNO2/c1-9-7-11(15)8-12(14(9)18-2)13(17)10-3-5-16-6-4-10/h7-8,10,16H,3-6H2,1-2H3. The highest BCUT2D eigenvalue weighted by Crippen LogP contribution is 2.31. The number of carbonyl (C=O) groups excluding carboxylic acids is 1. The summed E-state index contributed by atoms with van der Waals surface area (Å²) < 4.78 is 5.35. The van der Waals surface area contributed by atoms with E-state index in [0.717, 1.165) is 31.5 Å². The molecule has 4 heteroatoms. The molecule has 0 saturated carbocycles. The monoisotopic (exact) mass is 267 g/mol. The fourth-order valence-corrected chi connectivity index (χ4v) is 2.76. The van der Waals surface area contributed by atoms with Crippen LogP contribution in [0.3, 0.4) is 0 Å². The van der Waals surface area contributed by atoms with Gasteiger partial charge in [0, 0.05) is 10.9 Å². The van der Waals surface area contributed by atoms with Gasteiger partial charge < -0.3 is 10.1 Å². The lowest BCUT2D eigenvalue weighted by Gasteiger charge is -2.22. The number of hydrogen-bond donors (Lipinski definition) is 1. The maximum atomic E-state index is 12.5. The normalized spacial score (nSPS) is 16.6. The van der Waals surface area contributed by atoms with E-state index in [1.165, 1.54) is 0 Å². The van der Waals surface area contributed by atoms with Crippen molar-refractivity contribution >= 4 is 17.4 Å². The van der Waals surface area contributed by atoms with Crippen molar-refractivity contribution in [1.29, 1.82) is 0 Å². The zero-order valence-electron chi connectivity index (χ0n) is 10.8. The zero-order chi connectivity index (χ0) is 13.1. The van der Waals surface area contributed by atoms with E-state index in [2.05, 4.69) is 5.32 Å². The molecule has 98 valence electrons. The van der Waals surface area contributed by atoms with Crippen molar-refractivity contribution in [2.75, 3.05) is 20.2 Å². The van der Waals surface area contributed by atoms with Crippen molar-refractivity contribution in [3.63, 3.8) is 0 Å². The number of ketones is 1. The third kappa shape index (κ3) is 2.68. The fraction of sp³-hybridized carbons (Fsp3) is 0.500. The largest absolute Gasteiger partial charge is 0.496 e. The van der Waals surface area contributed by atoms with Crippen LogP contribution in [0, 0.1) is 12.8 Å². The third-order valence-corrected chi connectivity index (χ3v) is 3.64. The third-order valence-electron chi connectivity index (χ3n) is 3.42. The molecule has 1 aromatic rings. The summed E-state index contributed by atoms with van der Waals surface area (Å²) in [5, 5.41) is 3.85. The number of ether oxygens (including phenoxy) is 1. The summed E-state index contributed by atoms with van der Waals surface area (Å²) in [6.45, 7) is 3.71. The van der Waals surface area contributed by atoms with Gasteiger partial charge in [0.05, 0.1) is 12.7 Å². The Morgan fingerprint density at radius 2 is 2.06 bits per heavy atom. The molecule has 2 rings (SSSR count). The molecule has 1 aromatic carbocycles. The molecule has 0 aliphatic carbocycles. The molecule has 0 amide bonds. The average Bonchev–Trinajstić information content (AvgIpc) is 2.38. The maximum Gasteiger partial charge on any atom is 0.169 e. The van der Waals surface area contributed by atoms with Crippen molar-refractivity contribution < 1.29 is 9.53 Å². The molecule has 1 aliphatic rings. The molecule has 0 aromatic heterocycles. The minimum atomic E-state index is 0.0815. The Balaban J connectivity index is 2.33. The summed E-state index contributed by atoms with van der Waals surface area (Å²) in [6.07, 6.45) is 1.76. The van der Waals surface area contributed by atoms with Gasteiger partial charge in [-0.2, -0.15) is 0 Å². The molecular formula is C14H18ClNO2. The molecule has 0 radical (unpaired) electrons. The lowest BCUT2D eigenvalue weighted by Crippen LogP contribution is -2.32. The van der Waals surface area contributed by atoms with E-state index in [0.29, 0.717) is 16.3 Å². The van der Waals surface area contributed by atoms with Gasteiger partial charge in [0.2, 0.25) is 0 Å². The molecule has 0 atom stereocenters. The maximum absolute atomic E-state index is 12.5. The Hall–Kier alpha value is -1.06. The average molecular weight is 268 g/mol. The second-order valence-corrected chi connectivity index (χ2v) is 5.13. The van der Waals surface area contributed by atoms with Crippen LogP contribution >= 0.6 is 11.6 Å². The minimum absolute atomic E-state index is 0.0815. The van der Waals surface area contributed by atoms with Crippen molar-refractivity contribution in [3.05, 3.63) is 28.3 Å². The van der Waals surface area contributed by atoms with Gasteiger partial charge in [-0.05, 0) is 50.6 Å². The summed E-state index contributed by atoms with van der Waals surface area (Å²) in [7, 11) is 1.59. The van der Waals surface area contributed by atoms with Crippen molar-refractivity contribution in [2.45, 2.75) is 19.8 Å². The molecule has 0 bridgehead atoms. The predicted octanol–water partition coefficient (Wildman–Crippen LogP) is 2.84. The van der Waals surface area contributed by atoms with Crippen LogP contribution in [0.25, 0.3) is 0 Å². The van der Waals surface area contributed by atoms with Gasteiger partial charge in [0.1, 0.15) is 5.75 Å². The number of methoxy groups -OCH3 is 1. The van der Waals surface area contributed by atoms with Crippen LogP contribution in [0.4, 0.5) is 0 Å². The Morgan fingerprint density at radius 1 is 1.39 bits per heavy atom. The highest BCUT2D eigenvalue weighted by Gasteiger charge is 2.25. The molecule has 18 heavy (non-hydrogen) atoms. The fourth-order valence-electron chi connectivity index (χ4n) is 2.49. The Kier molecular flexibility index (Phi) is 4.25. The lowest BCUT2D eigenvalue weighted by molar-refractivity contribution is 0.0892. The first-order valence-electron chi connectivity index (χ1n) is 6.22. The summed E-state index contributed by atoms with van der Waals surface area (Å²) in [5.41, 5.74) is 1.52. The second-order valence-electron chi connectivity index (χ2n) is 4.69. The van der Waals surface area contributed by atoms with Crippen LogP contribution in [0.5, 0.6) is 5.75 Å². The summed E-state index contributed by atoms with van der Waals surface area (Å²) in [4.78, 5) is 12.5. The predicted molar refractivity (Wildman–Crippen MR) is 72.7 cm³/mol. The molecular weight excluding hydrogens is 250 g/mol. The van der Waals surface area contributed by atoms with Gasteiger partial charge in [0.15, 0.2) is 5.78 Å². The lowest BCUT2D eigenvalue weighted by atomic mass is 9.88. The Bertz CT molecular complexity index is 453. The number of halogens is 1. The van der Waals surface area contributed by atoms with Gasteiger partial charge in [-0.1, -0.05) is 11.6 Å². The molecule has 1 aliphatic heterocycles. The number of nitrogens with one attached hydrogen (secondary N) is 1. The Morgan fingerprint density at radius 3 is 2.67 bits per heavy atom. The number of benzene rings is 1. The smallest absolute Gasteiger partial charge is 0.169 e. The second kappa shape index (κ2) is 5.72. The molecule has 1 saturated heterocycles. The first kappa shape index (κ1) is 13.4. The van der Waals surface area contributed by atoms with E-state index < -0.39 is 0 Å². The molecule has 0 unspecified atom stereocenters. The number of Topliss-reactive ketones (excluding diaryl/α,β-unsaturated/α-hetero) is 1. The number of aryl methyl sites for hydroxylation is 1. The molecule has 3 nitrogen and oxygen atoms in total. The van der Waals surface area contributed by atoms with E-state index in [-0.39, 0.29) is 11.7 Å². The van der Waals surface area contributed by atoms with Crippen LogP contribution < -0.4 is 10.1 Å². The van der Waals surface area contributed by atoms with E-state index in [1.54, 1.807) is 13.2 Å². The van der Waals surface area contributed by atoms with Gasteiger partial charge in [-0.25, -0.2) is 0 Å². The first-order valence-corrected chi connectivity index (χ1v) is 6.60. The first-order chi connectivity index (χ1) is 8.63. The van der Waals surface area contributed by atoms with Crippen LogP contribution in [-0.2, 0) is 0 Å². The molecule has 1 fully saturated rings. The van der Waals surface area contributed by atoms with E-state index in [1.807, 2.05) is 13.0 Å². The highest BCUT2D eigenvalue weighted by atomic mass is 35.5. The minimum Gasteiger partial charge on any atom is -0.496 e. The number of rotatable bonds is 3. The van der Waals surface area contributed by atoms with Gasteiger partial charge in [-0.3, -0.25) is 4.79 Å². The quantitative estimate of drug-likeness (QED) is 0.856. The zero-order valence-corrected chi connectivity index (χ0v) is 11.5. The van der Waals surface area contributed by atoms with Gasteiger partial charge in [0.25, 0.3) is 0 Å². The molecule has 1 heterocycles. The topological polar surface area (TPSA) is 38.3 Å². The SMILES string of the molecule is COc1c(C)cc(Cl)cc1C(=O)C1CCNCC1. The van der Waals surface area contributed by atoms with Crippen molar-refractivity contribution in [1.82, 2.24) is 5.32 Å². The van der Waals surface area contributed by atoms with Crippen molar-refractivity contribution in [3.8, 4) is 5.75 Å². The van der Waals surface area contributed by atoms with Crippen LogP contribution in [0.2, 0.25) is 5.02 Å². The summed E-state index contributed by atoms with van der Waals surface area (Å²) >= 11 is 6.04. The number of piperidine rings is 1. The van der Waals surface area contributed by atoms with E-state index in [9.17, 15) is 4.79 Å². The van der Waals surface area contributed by atoms with Gasteiger partial charge in [-0.15, -0.1) is 0 Å².